The molecule has 0 saturated carbocycles. The Bertz CT molecular complexity index is 408. The second-order valence-corrected chi connectivity index (χ2v) is 4.26. The van der Waals surface area contributed by atoms with Crippen LogP contribution in [0.25, 0.3) is 11.0 Å². The number of hydrogen-bond donors (Lipinski definition) is 0. The molecule has 2 aromatic rings. The molecule has 0 radical (unpaired) electrons. The molecule has 1 heterocycles. The van der Waals surface area contributed by atoms with Crippen molar-refractivity contribution >= 4 is 22.8 Å². The molecule has 0 aliphatic heterocycles. The summed E-state index contributed by atoms with van der Waals surface area (Å²) in [5.41, 5.74) is 2.34. The third-order valence-electron chi connectivity index (χ3n) is 2.27. The van der Waals surface area contributed by atoms with E-state index in [1.807, 2.05) is 24.2 Å². The van der Waals surface area contributed by atoms with Gasteiger partial charge in [0.05, 0.1) is 17.4 Å². The lowest BCUT2D eigenvalue weighted by Gasteiger charge is -2.02. The van der Waals surface area contributed by atoms with Gasteiger partial charge in [0.1, 0.15) is 0 Å². The first kappa shape index (κ1) is 9.59. The third-order valence-corrected chi connectivity index (χ3v) is 2.97. The Morgan fingerprint density at radius 3 is 3.07 bits per heavy atom. The normalized spacial score (nSPS) is 10.9. The zero-order valence-electron chi connectivity index (χ0n) is 8.31. The number of hydrogen-bond acceptors (Lipinski definition) is 2. The topological polar surface area (TPSA) is 17.8 Å². The third kappa shape index (κ3) is 1.93. The molecular formula is C11H14N2S. The van der Waals surface area contributed by atoms with Crippen LogP contribution in [0.15, 0.2) is 30.6 Å². The predicted molar refractivity (Wildman–Crippen MR) is 62.7 cm³/mol. The average Bonchev–Trinajstić information content (AvgIpc) is 2.63. The number of aromatic nitrogens is 2. The number of rotatable bonds is 4. The van der Waals surface area contributed by atoms with Crippen molar-refractivity contribution in [1.29, 1.82) is 0 Å². The molecule has 14 heavy (non-hydrogen) atoms. The number of fused-ring (bicyclic) bond motifs is 1. The molecule has 0 saturated heterocycles. The maximum atomic E-state index is 4.35. The van der Waals surface area contributed by atoms with Gasteiger partial charge in [0, 0.05) is 6.54 Å². The number of aryl methyl sites for hydroxylation is 1. The van der Waals surface area contributed by atoms with Crippen molar-refractivity contribution in [2.45, 2.75) is 13.0 Å². The standard InChI is InChI=1S/C11H14N2S/c1-14-8-4-7-13-9-12-10-5-2-3-6-11(10)13/h2-3,5-6,9H,4,7-8H2,1H3. The maximum Gasteiger partial charge on any atom is 0.0958 e. The molecule has 0 N–H and O–H groups in total. The lowest BCUT2D eigenvalue weighted by Crippen LogP contribution is -1.96. The smallest absolute Gasteiger partial charge is 0.0958 e. The molecule has 0 aliphatic rings. The molecule has 0 atom stereocenters. The largest absolute Gasteiger partial charge is 0.331 e. The fourth-order valence-corrected chi connectivity index (χ4v) is 1.99. The van der Waals surface area contributed by atoms with Crippen molar-refractivity contribution in [3.05, 3.63) is 30.6 Å². The number of thioether (sulfide) groups is 1. The summed E-state index contributed by atoms with van der Waals surface area (Å²) in [6.07, 6.45) is 5.29. The van der Waals surface area contributed by atoms with Crippen LogP contribution >= 0.6 is 11.8 Å². The molecule has 0 fully saturated rings. The van der Waals surface area contributed by atoms with E-state index in [0.717, 1.165) is 12.1 Å². The molecular weight excluding hydrogens is 192 g/mol. The van der Waals surface area contributed by atoms with Gasteiger partial charge >= 0.3 is 0 Å². The Balaban J connectivity index is 2.17. The average molecular weight is 206 g/mol. The van der Waals surface area contributed by atoms with Gasteiger partial charge in [-0.1, -0.05) is 12.1 Å². The van der Waals surface area contributed by atoms with Crippen LogP contribution in [0.4, 0.5) is 0 Å². The summed E-state index contributed by atoms with van der Waals surface area (Å²) in [5, 5.41) is 0. The van der Waals surface area contributed by atoms with Crippen LogP contribution < -0.4 is 0 Å². The van der Waals surface area contributed by atoms with E-state index in [-0.39, 0.29) is 0 Å². The second-order valence-electron chi connectivity index (χ2n) is 3.27. The molecule has 3 heteroatoms. The molecule has 0 unspecified atom stereocenters. The highest BCUT2D eigenvalue weighted by Gasteiger charge is 1.99. The highest BCUT2D eigenvalue weighted by molar-refractivity contribution is 7.98. The van der Waals surface area contributed by atoms with Gasteiger partial charge < -0.3 is 4.57 Å². The first-order valence-corrected chi connectivity index (χ1v) is 6.20. The van der Waals surface area contributed by atoms with Crippen molar-refractivity contribution in [1.82, 2.24) is 9.55 Å². The number of imidazole rings is 1. The summed E-state index contributed by atoms with van der Waals surface area (Å²) >= 11 is 1.90. The van der Waals surface area contributed by atoms with E-state index in [2.05, 4.69) is 34.0 Å². The van der Waals surface area contributed by atoms with E-state index in [1.54, 1.807) is 0 Å². The van der Waals surface area contributed by atoms with E-state index in [9.17, 15) is 0 Å². The molecule has 1 aromatic heterocycles. The maximum absolute atomic E-state index is 4.35. The summed E-state index contributed by atoms with van der Waals surface area (Å²) in [5.74, 6) is 1.21. The Morgan fingerprint density at radius 1 is 1.36 bits per heavy atom. The molecule has 0 spiro atoms. The van der Waals surface area contributed by atoms with Crippen molar-refractivity contribution in [3.63, 3.8) is 0 Å². The number of nitrogens with zero attached hydrogens (tertiary/aromatic N) is 2. The van der Waals surface area contributed by atoms with Crippen molar-refractivity contribution < 1.29 is 0 Å². The molecule has 0 bridgehead atoms. The van der Waals surface area contributed by atoms with Crippen LogP contribution in [0, 0.1) is 0 Å². The Hall–Kier alpha value is -0.960. The van der Waals surface area contributed by atoms with E-state index in [1.165, 1.54) is 17.7 Å². The summed E-state index contributed by atoms with van der Waals surface area (Å²) in [6, 6.07) is 8.28. The SMILES string of the molecule is CSCCCn1cnc2ccccc21. The quantitative estimate of drug-likeness (QED) is 0.716. The van der Waals surface area contributed by atoms with Crippen LogP contribution in [-0.4, -0.2) is 21.6 Å². The van der Waals surface area contributed by atoms with Gasteiger partial charge in [0.2, 0.25) is 0 Å². The number of benzene rings is 1. The number of para-hydroxylation sites is 2. The molecule has 2 nitrogen and oxygen atoms in total. The van der Waals surface area contributed by atoms with E-state index in [4.69, 9.17) is 0 Å². The van der Waals surface area contributed by atoms with Gasteiger partial charge in [0.25, 0.3) is 0 Å². The van der Waals surface area contributed by atoms with Gasteiger partial charge in [-0.15, -0.1) is 0 Å². The molecule has 74 valence electrons. The first-order valence-electron chi connectivity index (χ1n) is 4.80. The lowest BCUT2D eigenvalue weighted by atomic mass is 10.3. The molecule has 2 rings (SSSR count). The van der Waals surface area contributed by atoms with E-state index >= 15 is 0 Å². The van der Waals surface area contributed by atoms with Gasteiger partial charge in [-0.05, 0) is 30.6 Å². The minimum Gasteiger partial charge on any atom is -0.331 e. The fourth-order valence-electron chi connectivity index (χ4n) is 1.57. The second kappa shape index (κ2) is 4.51. The monoisotopic (exact) mass is 206 g/mol. The van der Waals surface area contributed by atoms with E-state index in [0.29, 0.717) is 0 Å². The lowest BCUT2D eigenvalue weighted by molar-refractivity contribution is 0.703. The van der Waals surface area contributed by atoms with Crippen LogP contribution in [0.5, 0.6) is 0 Å². The Labute approximate surface area is 88.3 Å². The summed E-state index contributed by atoms with van der Waals surface area (Å²) < 4.78 is 2.23. The molecule has 0 amide bonds. The zero-order chi connectivity index (χ0) is 9.80. The minimum absolute atomic E-state index is 1.07. The highest BCUT2D eigenvalue weighted by Crippen LogP contribution is 2.12. The molecule has 1 aromatic carbocycles. The van der Waals surface area contributed by atoms with Gasteiger partial charge in [-0.25, -0.2) is 4.98 Å². The predicted octanol–water partition coefficient (Wildman–Crippen LogP) is 2.79. The summed E-state index contributed by atoms with van der Waals surface area (Å²) in [7, 11) is 0. The zero-order valence-corrected chi connectivity index (χ0v) is 9.13. The van der Waals surface area contributed by atoms with Crippen LogP contribution in [0.1, 0.15) is 6.42 Å². The van der Waals surface area contributed by atoms with Gasteiger partial charge in [-0.2, -0.15) is 11.8 Å². The van der Waals surface area contributed by atoms with Crippen molar-refractivity contribution in [2.24, 2.45) is 0 Å². The van der Waals surface area contributed by atoms with Crippen molar-refractivity contribution in [2.75, 3.05) is 12.0 Å². The summed E-state index contributed by atoms with van der Waals surface area (Å²) in [6.45, 7) is 1.07. The van der Waals surface area contributed by atoms with Crippen LogP contribution in [-0.2, 0) is 6.54 Å². The fraction of sp³-hybridized carbons (Fsp3) is 0.364. The molecule has 0 aliphatic carbocycles. The Morgan fingerprint density at radius 2 is 2.21 bits per heavy atom. The van der Waals surface area contributed by atoms with E-state index < -0.39 is 0 Å². The minimum atomic E-state index is 1.07. The van der Waals surface area contributed by atoms with Crippen LogP contribution in [0.3, 0.4) is 0 Å². The summed E-state index contributed by atoms with van der Waals surface area (Å²) in [4.78, 5) is 4.35. The van der Waals surface area contributed by atoms with Crippen molar-refractivity contribution in [3.8, 4) is 0 Å². The highest BCUT2D eigenvalue weighted by atomic mass is 32.2. The van der Waals surface area contributed by atoms with Gasteiger partial charge in [0.15, 0.2) is 0 Å². The van der Waals surface area contributed by atoms with Gasteiger partial charge in [-0.3, -0.25) is 0 Å². The Kier molecular flexibility index (Phi) is 3.09. The first-order chi connectivity index (χ1) is 6.92. The van der Waals surface area contributed by atoms with Crippen LogP contribution in [0.2, 0.25) is 0 Å².